The van der Waals surface area contributed by atoms with Crippen molar-refractivity contribution in [2.24, 2.45) is 7.05 Å². The lowest BCUT2D eigenvalue weighted by Gasteiger charge is -2.18. The highest BCUT2D eigenvalue weighted by molar-refractivity contribution is 5.74. The van der Waals surface area contributed by atoms with Crippen molar-refractivity contribution in [1.82, 2.24) is 20.4 Å². The van der Waals surface area contributed by atoms with Crippen molar-refractivity contribution in [3.05, 3.63) is 53.9 Å². The maximum Gasteiger partial charge on any atom is 0.315 e. The van der Waals surface area contributed by atoms with Crippen molar-refractivity contribution >= 4 is 6.03 Å². The average molecular weight is 316 g/mol. The highest BCUT2D eigenvalue weighted by Crippen LogP contribution is 2.15. The van der Waals surface area contributed by atoms with Gasteiger partial charge in [-0.15, -0.1) is 0 Å². The number of hydrogen-bond donors (Lipinski definition) is 3. The van der Waals surface area contributed by atoms with Crippen LogP contribution in [0.4, 0.5) is 4.79 Å². The van der Waals surface area contributed by atoms with Gasteiger partial charge in [0.25, 0.3) is 0 Å². The smallest absolute Gasteiger partial charge is 0.315 e. The Labute approximate surface area is 136 Å². The first-order chi connectivity index (χ1) is 11.2. The van der Waals surface area contributed by atoms with E-state index in [0.29, 0.717) is 13.0 Å². The lowest BCUT2D eigenvalue weighted by Crippen LogP contribution is -2.38. The van der Waals surface area contributed by atoms with Gasteiger partial charge >= 0.3 is 6.03 Å². The van der Waals surface area contributed by atoms with Crippen LogP contribution in [0.5, 0.6) is 0 Å². The van der Waals surface area contributed by atoms with Gasteiger partial charge < -0.3 is 15.7 Å². The van der Waals surface area contributed by atoms with Gasteiger partial charge in [-0.2, -0.15) is 5.10 Å². The fourth-order valence-corrected chi connectivity index (χ4v) is 2.44. The molecule has 2 aromatic rings. The molecule has 1 aromatic carbocycles. The van der Waals surface area contributed by atoms with Gasteiger partial charge in [-0.05, 0) is 30.4 Å². The molecular formula is C17H24N4O2. The summed E-state index contributed by atoms with van der Waals surface area (Å²) in [6.45, 7) is 0.627. The fourth-order valence-electron chi connectivity index (χ4n) is 2.44. The van der Waals surface area contributed by atoms with E-state index in [1.165, 1.54) is 0 Å². The van der Waals surface area contributed by atoms with Crippen molar-refractivity contribution in [2.45, 2.75) is 25.3 Å². The molecule has 6 nitrogen and oxygen atoms in total. The van der Waals surface area contributed by atoms with Gasteiger partial charge in [-0.25, -0.2) is 4.79 Å². The molecule has 6 heteroatoms. The number of nitrogens with zero attached hydrogens (tertiary/aromatic N) is 2. The Morgan fingerprint density at radius 1 is 1.35 bits per heavy atom. The zero-order valence-corrected chi connectivity index (χ0v) is 13.4. The summed E-state index contributed by atoms with van der Waals surface area (Å²) in [6, 6.07) is 9.28. The first-order valence-corrected chi connectivity index (χ1v) is 7.86. The van der Waals surface area contributed by atoms with Crippen LogP contribution in [0, 0.1) is 0 Å². The van der Waals surface area contributed by atoms with Crippen LogP contribution in [-0.4, -0.2) is 34.1 Å². The molecule has 0 spiro atoms. The largest absolute Gasteiger partial charge is 0.396 e. The van der Waals surface area contributed by atoms with Crippen LogP contribution in [0.1, 0.15) is 30.0 Å². The van der Waals surface area contributed by atoms with E-state index >= 15 is 0 Å². The number of aromatic nitrogens is 2. The summed E-state index contributed by atoms with van der Waals surface area (Å²) >= 11 is 0. The molecule has 2 rings (SSSR count). The quantitative estimate of drug-likeness (QED) is 0.650. The van der Waals surface area contributed by atoms with Gasteiger partial charge in [0.15, 0.2) is 0 Å². The van der Waals surface area contributed by atoms with E-state index in [2.05, 4.69) is 15.7 Å². The molecule has 0 aliphatic carbocycles. The first-order valence-electron chi connectivity index (χ1n) is 7.86. The highest BCUT2D eigenvalue weighted by atomic mass is 16.3. The van der Waals surface area contributed by atoms with Crippen molar-refractivity contribution in [3.8, 4) is 0 Å². The molecule has 23 heavy (non-hydrogen) atoms. The highest BCUT2D eigenvalue weighted by Gasteiger charge is 2.13. The van der Waals surface area contributed by atoms with Gasteiger partial charge in [0.05, 0.1) is 12.2 Å². The van der Waals surface area contributed by atoms with Crippen molar-refractivity contribution in [2.75, 3.05) is 13.2 Å². The molecule has 0 saturated carbocycles. The summed E-state index contributed by atoms with van der Waals surface area (Å²) in [5.74, 6) is 0. The van der Waals surface area contributed by atoms with Gasteiger partial charge in [0.2, 0.25) is 0 Å². The topological polar surface area (TPSA) is 79.2 Å². The Hall–Kier alpha value is -2.34. The third-order valence-corrected chi connectivity index (χ3v) is 3.61. The first kappa shape index (κ1) is 17.0. The minimum absolute atomic E-state index is 0.0286. The molecule has 0 aliphatic heterocycles. The zero-order valence-electron chi connectivity index (χ0n) is 13.4. The number of carbonyl (C=O) groups excluding carboxylic acids is 1. The molecule has 3 N–H and O–H groups in total. The molecule has 0 bridgehead atoms. The lowest BCUT2D eigenvalue weighted by atomic mass is 10.0. The minimum Gasteiger partial charge on any atom is -0.396 e. The van der Waals surface area contributed by atoms with Crippen LogP contribution in [0.2, 0.25) is 0 Å². The van der Waals surface area contributed by atoms with E-state index < -0.39 is 0 Å². The second-order valence-corrected chi connectivity index (χ2v) is 5.50. The maximum atomic E-state index is 12.0. The van der Waals surface area contributed by atoms with Crippen LogP contribution in [0.3, 0.4) is 0 Å². The number of aliphatic hydroxyl groups is 1. The number of aryl methyl sites for hydroxylation is 2. The summed E-state index contributed by atoms with van der Waals surface area (Å²) in [5, 5.41) is 19.1. The van der Waals surface area contributed by atoms with Crippen molar-refractivity contribution in [3.63, 3.8) is 0 Å². The van der Waals surface area contributed by atoms with Crippen molar-refractivity contribution < 1.29 is 9.90 Å². The van der Waals surface area contributed by atoms with Crippen LogP contribution in [0.25, 0.3) is 0 Å². The Morgan fingerprint density at radius 3 is 2.78 bits per heavy atom. The molecule has 0 aliphatic rings. The summed E-state index contributed by atoms with van der Waals surface area (Å²) in [6.07, 6.45) is 6.05. The SMILES string of the molecule is Cn1cc(CCCNC(=O)N[C@H](CCO)c2ccccc2)cn1. The third kappa shape index (κ3) is 5.75. The predicted molar refractivity (Wildman–Crippen MR) is 88.9 cm³/mol. The maximum absolute atomic E-state index is 12.0. The molecule has 1 heterocycles. The average Bonchev–Trinajstić information content (AvgIpc) is 2.97. The molecule has 2 amide bonds. The number of rotatable bonds is 8. The monoisotopic (exact) mass is 316 g/mol. The number of benzene rings is 1. The Balaban J connectivity index is 1.73. The van der Waals surface area contributed by atoms with Crippen molar-refractivity contribution in [1.29, 1.82) is 0 Å². The van der Waals surface area contributed by atoms with E-state index in [9.17, 15) is 9.90 Å². The molecule has 1 aromatic heterocycles. The number of carbonyl (C=O) groups is 1. The Kier molecular flexibility index (Phi) is 6.62. The van der Waals surface area contributed by atoms with E-state index in [4.69, 9.17) is 0 Å². The van der Waals surface area contributed by atoms with E-state index in [1.54, 1.807) is 4.68 Å². The molecule has 124 valence electrons. The molecule has 0 saturated heterocycles. The summed E-state index contributed by atoms with van der Waals surface area (Å²) in [4.78, 5) is 12.0. The van der Waals surface area contributed by atoms with Gasteiger partial charge in [-0.1, -0.05) is 30.3 Å². The summed E-state index contributed by atoms with van der Waals surface area (Å²) < 4.78 is 1.77. The fraction of sp³-hybridized carbons (Fsp3) is 0.412. The van der Waals surface area contributed by atoms with Gasteiger partial charge in [0.1, 0.15) is 0 Å². The molecular weight excluding hydrogens is 292 g/mol. The van der Waals surface area contributed by atoms with E-state index in [1.807, 2.05) is 49.8 Å². The standard InChI is InChI=1S/C17H24N4O2/c1-21-13-14(12-19-21)6-5-10-18-17(23)20-16(9-11-22)15-7-3-2-4-8-15/h2-4,7-8,12-13,16,22H,5-6,9-11H2,1H3,(H2,18,20,23)/t16-/m1/s1. The normalized spacial score (nSPS) is 11.9. The lowest BCUT2D eigenvalue weighted by molar-refractivity contribution is 0.229. The zero-order chi connectivity index (χ0) is 16.5. The number of amides is 2. The van der Waals surface area contributed by atoms with E-state index in [0.717, 1.165) is 24.0 Å². The molecule has 0 fully saturated rings. The molecule has 0 radical (unpaired) electrons. The van der Waals surface area contributed by atoms with Crippen LogP contribution < -0.4 is 10.6 Å². The predicted octanol–water partition coefficient (Wildman–Crippen LogP) is 1.78. The molecule has 1 atom stereocenters. The summed E-state index contributed by atoms with van der Waals surface area (Å²) in [7, 11) is 1.89. The number of nitrogens with one attached hydrogen (secondary N) is 2. The van der Waals surface area contributed by atoms with Crippen LogP contribution >= 0.6 is 0 Å². The Bertz CT molecular complexity index is 598. The molecule has 0 unspecified atom stereocenters. The van der Waals surface area contributed by atoms with E-state index in [-0.39, 0.29) is 18.7 Å². The summed E-state index contributed by atoms with van der Waals surface area (Å²) in [5.41, 5.74) is 2.16. The second-order valence-electron chi connectivity index (χ2n) is 5.50. The van der Waals surface area contributed by atoms with Crippen LogP contribution in [-0.2, 0) is 13.5 Å². The van der Waals surface area contributed by atoms with Gasteiger partial charge in [-0.3, -0.25) is 4.68 Å². The number of urea groups is 1. The number of hydrogen-bond acceptors (Lipinski definition) is 3. The Morgan fingerprint density at radius 2 is 2.13 bits per heavy atom. The van der Waals surface area contributed by atoms with Crippen LogP contribution in [0.15, 0.2) is 42.7 Å². The second kappa shape index (κ2) is 8.95. The third-order valence-electron chi connectivity index (χ3n) is 3.61. The number of aliphatic hydroxyl groups excluding tert-OH is 1. The minimum atomic E-state index is -0.210. The van der Waals surface area contributed by atoms with Gasteiger partial charge in [0, 0.05) is 26.4 Å².